The van der Waals surface area contributed by atoms with E-state index in [4.69, 9.17) is 0 Å². The van der Waals surface area contributed by atoms with Crippen LogP contribution in [0.5, 0.6) is 0 Å². The summed E-state index contributed by atoms with van der Waals surface area (Å²) in [5.41, 5.74) is 6.21. The number of carbonyl (C=O) groups excluding carboxylic acids is 1. The number of nitrogens with zero attached hydrogens (tertiary/aromatic N) is 1. The summed E-state index contributed by atoms with van der Waals surface area (Å²) in [6.45, 7) is 5.78. The van der Waals surface area contributed by atoms with E-state index >= 15 is 0 Å². The van der Waals surface area contributed by atoms with Crippen LogP contribution in [0.3, 0.4) is 0 Å². The molecule has 0 saturated heterocycles. The van der Waals surface area contributed by atoms with Gasteiger partial charge >= 0.3 is 0 Å². The van der Waals surface area contributed by atoms with E-state index in [2.05, 4.69) is 10.5 Å². The zero-order valence-electron chi connectivity index (χ0n) is 12.3. The molecule has 0 bridgehead atoms. The standard InChI is InChI=1S/C17H17FN2O/c1-11-8-9-12(2)15(10-11)13(3)19-20-17(21)14-6-4-5-7-16(14)18/h4-10H,1-3H3,(H,20,21)/b19-13-. The van der Waals surface area contributed by atoms with Gasteiger partial charge in [0.05, 0.1) is 11.3 Å². The molecule has 0 fully saturated rings. The number of nitrogens with one attached hydrogen (secondary N) is 1. The van der Waals surface area contributed by atoms with Crippen molar-refractivity contribution in [2.24, 2.45) is 5.10 Å². The van der Waals surface area contributed by atoms with Crippen molar-refractivity contribution in [3.63, 3.8) is 0 Å². The van der Waals surface area contributed by atoms with Crippen LogP contribution in [0.15, 0.2) is 47.6 Å². The fraction of sp³-hybridized carbons (Fsp3) is 0.176. The predicted octanol–water partition coefficient (Wildman–Crippen LogP) is 3.60. The number of hydrazone groups is 1. The van der Waals surface area contributed by atoms with Gasteiger partial charge in [0.15, 0.2) is 0 Å². The molecule has 108 valence electrons. The van der Waals surface area contributed by atoms with Crippen LogP contribution in [0.2, 0.25) is 0 Å². The Morgan fingerprint density at radius 3 is 2.52 bits per heavy atom. The molecule has 4 heteroatoms. The largest absolute Gasteiger partial charge is 0.274 e. The van der Waals surface area contributed by atoms with Gasteiger partial charge in [-0.1, -0.05) is 29.8 Å². The minimum absolute atomic E-state index is 0.0185. The minimum Gasteiger partial charge on any atom is -0.267 e. The van der Waals surface area contributed by atoms with E-state index in [1.54, 1.807) is 6.07 Å². The van der Waals surface area contributed by atoms with Crippen LogP contribution in [0, 0.1) is 19.7 Å². The minimum atomic E-state index is -0.561. The summed E-state index contributed by atoms with van der Waals surface area (Å²) in [7, 11) is 0. The zero-order valence-corrected chi connectivity index (χ0v) is 12.3. The molecule has 0 heterocycles. The van der Waals surface area contributed by atoms with Crippen LogP contribution in [0.4, 0.5) is 4.39 Å². The fourth-order valence-electron chi connectivity index (χ4n) is 2.03. The summed E-state index contributed by atoms with van der Waals surface area (Å²) in [5, 5.41) is 4.06. The topological polar surface area (TPSA) is 41.5 Å². The summed E-state index contributed by atoms with van der Waals surface area (Å²) in [6.07, 6.45) is 0. The first-order valence-corrected chi connectivity index (χ1v) is 6.66. The Hall–Kier alpha value is -2.49. The average Bonchev–Trinajstić information content (AvgIpc) is 2.47. The van der Waals surface area contributed by atoms with Gasteiger partial charge in [0, 0.05) is 5.56 Å². The molecular weight excluding hydrogens is 267 g/mol. The lowest BCUT2D eigenvalue weighted by Gasteiger charge is -2.07. The van der Waals surface area contributed by atoms with E-state index in [-0.39, 0.29) is 5.56 Å². The maximum absolute atomic E-state index is 13.5. The van der Waals surface area contributed by atoms with Gasteiger partial charge in [-0.3, -0.25) is 4.79 Å². The molecule has 2 rings (SSSR count). The van der Waals surface area contributed by atoms with Crippen LogP contribution >= 0.6 is 0 Å². The summed E-state index contributed by atoms with van der Waals surface area (Å²) < 4.78 is 13.5. The SMILES string of the molecule is C/C(=N/NC(=O)c1ccccc1F)c1cc(C)ccc1C. The number of benzene rings is 2. The fourth-order valence-corrected chi connectivity index (χ4v) is 2.03. The molecule has 0 unspecified atom stereocenters. The maximum Gasteiger partial charge on any atom is 0.274 e. The molecule has 21 heavy (non-hydrogen) atoms. The van der Waals surface area contributed by atoms with Crippen LogP contribution in [-0.2, 0) is 0 Å². The van der Waals surface area contributed by atoms with E-state index in [1.807, 2.05) is 39.0 Å². The van der Waals surface area contributed by atoms with E-state index in [0.717, 1.165) is 16.7 Å². The highest BCUT2D eigenvalue weighted by Crippen LogP contribution is 2.12. The first kappa shape index (κ1) is 14.9. The molecular formula is C17H17FN2O. The molecule has 1 N–H and O–H groups in total. The third-order valence-electron chi connectivity index (χ3n) is 3.23. The Morgan fingerprint density at radius 1 is 1.10 bits per heavy atom. The first-order valence-electron chi connectivity index (χ1n) is 6.66. The number of rotatable bonds is 3. The smallest absolute Gasteiger partial charge is 0.267 e. The summed E-state index contributed by atoms with van der Waals surface area (Å²) >= 11 is 0. The van der Waals surface area contributed by atoms with Crippen molar-refractivity contribution in [2.45, 2.75) is 20.8 Å². The Bertz CT molecular complexity index is 708. The summed E-state index contributed by atoms with van der Waals surface area (Å²) in [4.78, 5) is 11.9. The number of carbonyl (C=O) groups is 1. The van der Waals surface area contributed by atoms with Crippen molar-refractivity contribution in [3.05, 3.63) is 70.5 Å². The number of hydrogen-bond donors (Lipinski definition) is 1. The number of amides is 1. The normalized spacial score (nSPS) is 11.3. The Balaban J connectivity index is 2.19. The highest BCUT2D eigenvalue weighted by molar-refractivity contribution is 6.01. The molecule has 0 radical (unpaired) electrons. The molecule has 0 saturated carbocycles. The van der Waals surface area contributed by atoms with Crippen LogP contribution in [-0.4, -0.2) is 11.6 Å². The molecule has 2 aromatic rings. The van der Waals surface area contributed by atoms with Gasteiger partial charge in [-0.2, -0.15) is 5.10 Å². The molecule has 0 atom stereocenters. The maximum atomic E-state index is 13.5. The van der Waals surface area contributed by atoms with Gasteiger partial charge in [0.1, 0.15) is 5.82 Å². The summed E-state index contributed by atoms with van der Waals surface area (Å²) in [6, 6.07) is 11.8. The third kappa shape index (κ3) is 3.54. The quantitative estimate of drug-likeness (QED) is 0.679. The second-order valence-electron chi connectivity index (χ2n) is 4.94. The van der Waals surface area contributed by atoms with Crippen molar-refractivity contribution in [3.8, 4) is 0 Å². The van der Waals surface area contributed by atoms with Gasteiger partial charge in [0.2, 0.25) is 0 Å². The molecule has 0 aromatic heterocycles. The highest BCUT2D eigenvalue weighted by Gasteiger charge is 2.10. The van der Waals surface area contributed by atoms with Crippen molar-refractivity contribution < 1.29 is 9.18 Å². The lowest BCUT2D eigenvalue weighted by atomic mass is 10.0. The van der Waals surface area contributed by atoms with Gasteiger partial charge < -0.3 is 0 Å². The lowest BCUT2D eigenvalue weighted by molar-refractivity contribution is 0.0951. The number of aryl methyl sites for hydroxylation is 2. The zero-order chi connectivity index (χ0) is 15.4. The second kappa shape index (κ2) is 6.31. The van der Waals surface area contributed by atoms with Crippen LogP contribution in [0.1, 0.15) is 34.0 Å². The second-order valence-corrected chi connectivity index (χ2v) is 4.94. The summed E-state index contributed by atoms with van der Waals surface area (Å²) in [5.74, 6) is -1.12. The van der Waals surface area contributed by atoms with Crippen LogP contribution < -0.4 is 5.43 Å². The molecule has 0 spiro atoms. The molecule has 3 nitrogen and oxygen atoms in total. The third-order valence-corrected chi connectivity index (χ3v) is 3.23. The van der Waals surface area contributed by atoms with Gasteiger partial charge in [-0.25, -0.2) is 9.82 Å². The van der Waals surface area contributed by atoms with Crippen molar-refractivity contribution >= 4 is 11.6 Å². The van der Waals surface area contributed by atoms with Crippen molar-refractivity contribution in [2.75, 3.05) is 0 Å². The monoisotopic (exact) mass is 284 g/mol. The molecule has 0 aliphatic carbocycles. The van der Waals surface area contributed by atoms with E-state index < -0.39 is 11.7 Å². The van der Waals surface area contributed by atoms with E-state index in [0.29, 0.717) is 5.71 Å². The number of halogens is 1. The average molecular weight is 284 g/mol. The lowest BCUT2D eigenvalue weighted by Crippen LogP contribution is -2.20. The Labute approximate surface area is 123 Å². The Kier molecular flexibility index (Phi) is 4.48. The Morgan fingerprint density at radius 2 is 1.81 bits per heavy atom. The van der Waals surface area contributed by atoms with Gasteiger partial charge in [-0.15, -0.1) is 0 Å². The van der Waals surface area contributed by atoms with Gasteiger partial charge in [0.25, 0.3) is 5.91 Å². The van der Waals surface area contributed by atoms with E-state index in [9.17, 15) is 9.18 Å². The first-order chi connectivity index (χ1) is 9.99. The van der Waals surface area contributed by atoms with Crippen molar-refractivity contribution in [1.82, 2.24) is 5.43 Å². The molecule has 0 aliphatic heterocycles. The number of hydrogen-bond acceptors (Lipinski definition) is 2. The molecule has 0 aliphatic rings. The highest BCUT2D eigenvalue weighted by atomic mass is 19.1. The molecule has 1 amide bonds. The predicted molar refractivity (Wildman–Crippen MR) is 82.0 cm³/mol. The van der Waals surface area contributed by atoms with Gasteiger partial charge in [-0.05, 0) is 44.5 Å². The van der Waals surface area contributed by atoms with Crippen molar-refractivity contribution in [1.29, 1.82) is 0 Å². The van der Waals surface area contributed by atoms with Crippen LogP contribution in [0.25, 0.3) is 0 Å². The van der Waals surface area contributed by atoms with E-state index in [1.165, 1.54) is 18.2 Å². The molecule has 2 aromatic carbocycles.